The SMILES string of the molecule is COC1(C(=O)NCC(Oc2ccc(F)cc2)C(=O)O)CCCCC1. The molecule has 1 amide bonds. The van der Waals surface area contributed by atoms with Gasteiger partial charge >= 0.3 is 5.97 Å². The molecule has 1 fully saturated rings. The third-order valence-electron chi connectivity index (χ3n) is 4.28. The van der Waals surface area contributed by atoms with Gasteiger partial charge in [0.25, 0.3) is 5.91 Å². The lowest BCUT2D eigenvalue weighted by Gasteiger charge is -2.34. The summed E-state index contributed by atoms with van der Waals surface area (Å²) < 4.78 is 23.6. The summed E-state index contributed by atoms with van der Waals surface area (Å²) in [6.07, 6.45) is 2.82. The van der Waals surface area contributed by atoms with Crippen LogP contribution in [0.1, 0.15) is 32.1 Å². The van der Waals surface area contributed by atoms with Gasteiger partial charge in [-0.1, -0.05) is 19.3 Å². The average molecular weight is 339 g/mol. The zero-order valence-electron chi connectivity index (χ0n) is 13.6. The molecule has 2 rings (SSSR count). The fraction of sp³-hybridized carbons (Fsp3) is 0.529. The maximum atomic E-state index is 12.9. The van der Waals surface area contributed by atoms with Gasteiger partial charge in [-0.2, -0.15) is 0 Å². The molecule has 0 bridgehead atoms. The predicted octanol–water partition coefficient (Wildman–Crippen LogP) is 2.12. The minimum atomic E-state index is -1.27. The van der Waals surface area contributed by atoms with Crippen LogP contribution < -0.4 is 10.1 Å². The van der Waals surface area contributed by atoms with Gasteiger partial charge < -0.3 is 19.9 Å². The Bertz CT molecular complexity index is 569. The van der Waals surface area contributed by atoms with E-state index in [0.29, 0.717) is 12.8 Å². The topological polar surface area (TPSA) is 84.9 Å². The zero-order valence-corrected chi connectivity index (χ0v) is 13.6. The zero-order chi connectivity index (χ0) is 17.6. The van der Waals surface area contributed by atoms with Crippen molar-refractivity contribution in [1.82, 2.24) is 5.32 Å². The molecule has 1 unspecified atom stereocenters. The molecule has 0 heterocycles. The summed E-state index contributed by atoms with van der Waals surface area (Å²) in [5.41, 5.74) is -0.892. The first-order valence-corrected chi connectivity index (χ1v) is 7.95. The number of amides is 1. The minimum absolute atomic E-state index is 0.198. The number of nitrogens with one attached hydrogen (secondary N) is 1. The van der Waals surface area contributed by atoms with Crippen LogP contribution in [0.3, 0.4) is 0 Å². The second kappa shape index (κ2) is 8.10. The maximum Gasteiger partial charge on any atom is 0.346 e. The van der Waals surface area contributed by atoms with Crippen molar-refractivity contribution in [3.05, 3.63) is 30.1 Å². The fourth-order valence-corrected chi connectivity index (χ4v) is 2.85. The lowest BCUT2D eigenvalue weighted by Crippen LogP contribution is -2.52. The van der Waals surface area contributed by atoms with Gasteiger partial charge in [0.15, 0.2) is 0 Å². The molecule has 2 N–H and O–H groups in total. The van der Waals surface area contributed by atoms with Crippen molar-refractivity contribution >= 4 is 11.9 Å². The van der Waals surface area contributed by atoms with Gasteiger partial charge in [-0.25, -0.2) is 9.18 Å². The van der Waals surface area contributed by atoms with Gasteiger partial charge in [-0.05, 0) is 37.1 Å². The molecule has 1 aliphatic carbocycles. The summed E-state index contributed by atoms with van der Waals surface area (Å²) in [6, 6.07) is 5.03. The Kier molecular flexibility index (Phi) is 6.14. The smallest absolute Gasteiger partial charge is 0.346 e. The highest BCUT2D eigenvalue weighted by Crippen LogP contribution is 2.31. The predicted molar refractivity (Wildman–Crippen MR) is 84.3 cm³/mol. The van der Waals surface area contributed by atoms with Crippen molar-refractivity contribution in [2.24, 2.45) is 0 Å². The number of benzene rings is 1. The second-order valence-electron chi connectivity index (χ2n) is 5.87. The van der Waals surface area contributed by atoms with E-state index in [1.807, 2.05) is 0 Å². The van der Waals surface area contributed by atoms with Gasteiger partial charge in [0.1, 0.15) is 17.2 Å². The van der Waals surface area contributed by atoms with E-state index in [9.17, 15) is 19.1 Å². The molecule has 6 nitrogen and oxygen atoms in total. The van der Waals surface area contributed by atoms with Gasteiger partial charge in [-0.15, -0.1) is 0 Å². The number of carboxylic acid groups (broad SMARTS) is 1. The molecule has 0 spiro atoms. The van der Waals surface area contributed by atoms with Crippen molar-refractivity contribution in [3.8, 4) is 5.75 Å². The Labute approximate surface area is 139 Å². The number of hydrogen-bond acceptors (Lipinski definition) is 4. The number of methoxy groups -OCH3 is 1. The van der Waals surface area contributed by atoms with Crippen LogP contribution in [0.25, 0.3) is 0 Å². The molecule has 132 valence electrons. The van der Waals surface area contributed by atoms with Gasteiger partial charge in [0.2, 0.25) is 6.10 Å². The Balaban J connectivity index is 1.96. The number of carboxylic acids is 1. The molecule has 0 aromatic heterocycles. The average Bonchev–Trinajstić information content (AvgIpc) is 2.60. The van der Waals surface area contributed by atoms with E-state index in [1.54, 1.807) is 0 Å². The molecule has 1 atom stereocenters. The molecule has 7 heteroatoms. The van der Waals surface area contributed by atoms with Gasteiger partial charge in [0, 0.05) is 7.11 Å². The molecule has 24 heavy (non-hydrogen) atoms. The summed E-state index contributed by atoms with van der Waals surface area (Å²) in [4.78, 5) is 23.8. The molecule has 0 radical (unpaired) electrons. The summed E-state index contributed by atoms with van der Waals surface area (Å²) in [6.45, 7) is -0.198. The number of rotatable bonds is 7. The van der Waals surface area contributed by atoms with Gasteiger partial charge in [0.05, 0.1) is 6.54 Å². The summed E-state index contributed by atoms with van der Waals surface area (Å²) >= 11 is 0. The number of halogens is 1. The minimum Gasteiger partial charge on any atom is -0.478 e. The van der Waals surface area contributed by atoms with E-state index in [2.05, 4.69) is 5.32 Å². The number of ether oxygens (including phenoxy) is 2. The normalized spacial score (nSPS) is 17.8. The van der Waals surface area contributed by atoms with E-state index in [0.717, 1.165) is 19.3 Å². The maximum absolute atomic E-state index is 12.9. The highest BCUT2D eigenvalue weighted by Gasteiger charge is 2.40. The third-order valence-corrected chi connectivity index (χ3v) is 4.28. The summed E-state index contributed by atoms with van der Waals surface area (Å²) in [5, 5.41) is 11.9. The highest BCUT2D eigenvalue weighted by atomic mass is 19.1. The van der Waals surface area contributed by atoms with Crippen molar-refractivity contribution in [2.45, 2.75) is 43.8 Å². The molecule has 0 saturated heterocycles. The van der Waals surface area contributed by atoms with Crippen LogP contribution >= 0.6 is 0 Å². The van der Waals surface area contributed by atoms with E-state index in [4.69, 9.17) is 9.47 Å². The van der Waals surface area contributed by atoms with Crippen molar-refractivity contribution in [3.63, 3.8) is 0 Å². The lowest BCUT2D eigenvalue weighted by atomic mass is 9.84. The number of carbonyl (C=O) groups excluding carboxylic acids is 1. The van der Waals surface area contributed by atoms with Crippen LogP contribution in [0.2, 0.25) is 0 Å². The number of hydrogen-bond donors (Lipinski definition) is 2. The highest BCUT2D eigenvalue weighted by molar-refractivity contribution is 5.86. The standard InChI is InChI=1S/C17H22FNO5/c1-23-17(9-3-2-4-10-17)16(22)19-11-14(15(20)21)24-13-7-5-12(18)6-8-13/h5-8,14H,2-4,9-11H2,1H3,(H,19,22)(H,20,21). The van der Waals surface area contributed by atoms with Crippen molar-refractivity contribution in [1.29, 1.82) is 0 Å². The fourth-order valence-electron chi connectivity index (χ4n) is 2.85. The van der Waals surface area contributed by atoms with E-state index in [-0.39, 0.29) is 18.2 Å². The first-order valence-electron chi connectivity index (χ1n) is 7.95. The van der Waals surface area contributed by atoms with Crippen LogP contribution in [0.4, 0.5) is 4.39 Å². The largest absolute Gasteiger partial charge is 0.478 e. The van der Waals surface area contributed by atoms with E-state index >= 15 is 0 Å². The lowest BCUT2D eigenvalue weighted by molar-refractivity contribution is -0.149. The Morgan fingerprint density at radius 2 is 1.88 bits per heavy atom. The number of carbonyl (C=O) groups is 2. The summed E-state index contributed by atoms with van der Waals surface area (Å²) in [5.74, 6) is -1.76. The van der Waals surface area contributed by atoms with Crippen LogP contribution in [0, 0.1) is 5.82 Å². The first kappa shape index (κ1) is 18.2. The monoisotopic (exact) mass is 339 g/mol. The Morgan fingerprint density at radius 3 is 2.42 bits per heavy atom. The summed E-state index contributed by atoms with van der Waals surface area (Å²) in [7, 11) is 1.49. The molecule has 1 aromatic carbocycles. The molecule has 1 aromatic rings. The van der Waals surface area contributed by atoms with Crippen molar-refractivity contribution < 1.29 is 28.6 Å². The quantitative estimate of drug-likeness (QED) is 0.795. The third kappa shape index (κ3) is 4.44. The Morgan fingerprint density at radius 1 is 1.25 bits per heavy atom. The van der Waals surface area contributed by atoms with Crippen LogP contribution in [0.5, 0.6) is 5.75 Å². The molecular weight excluding hydrogens is 317 g/mol. The van der Waals surface area contributed by atoms with Gasteiger partial charge in [-0.3, -0.25) is 4.79 Å². The molecule has 1 aliphatic rings. The number of aliphatic carboxylic acids is 1. The van der Waals surface area contributed by atoms with Crippen LogP contribution in [0.15, 0.2) is 24.3 Å². The van der Waals surface area contributed by atoms with E-state index < -0.39 is 23.5 Å². The van der Waals surface area contributed by atoms with E-state index in [1.165, 1.54) is 31.4 Å². The van der Waals surface area contributed by atoms with Crippen LogP contribution in [-0.4, -0.2) is 42.3 Å². The molecule has 1 saturated carbocycles. The van der Waals surface area contributed by atoms with Crippen molar-refractivity contribution in [2.75, 3.05) is 13.7 Å². The molecule has 0 aliphatic heterocycles. The first-order chi connectivity index (χ1) is 11.5. The Hall–Kier alpha value is -2.15. The second-order valence-corrected chi connectivity index (χ2v) is 5.87. The van der Waals surface area contributed by atoms with Crippen LogP contribution in [-0.2, 0) is 14.3 Å². The molecular formula is C17H22FNO5.